The van der Waals surface area contributed by atoms with Crippen LogP contribution >= 0.6 is 0 Å². The average molecular weight is 338 g/mol. The zero-order valence-corrected chi connectivity index (χ0v) is 15.1. The molecule has 23 heavy (non-hydrogen) atoms. The highest BCUT2D eigenvalue weighted by atomic mass is 32.2. The van der Waals surface area contributed by atoms with Gasteiger partial charge in [-0.1, -0.05) is 30.5 Å². The Morgan fingerprint density at radius 1 is 1.17 bits per heavy atom. The first-order valence-electron chi connectivity index (χ1n) is 8.04. The van der Waals surface area contributed by atoms with Crippen LogP contribution in [-0.2, 0) is 14.8 Å². The molecule has 1 aliphatic carbocycles. The summed E-state index contributed by atoms with van der Waals surface area (Å²) < 4.78 is 25.7. The van der Waals surface area contributed by atoms with Gasteiger partial charge in [0, 0.05) is 13.1 Å². The smallest absolute Gasteiger partial charge is 0.246 e. The molecule has 0 radical (unpaired) electrons. The molecule has 1 aromatic rings. The van der Waals surface area contributed by atoms with E-state index in [-0.39, 0.29) is 11.9 Å². The van der Waals surface area contributed by atoms with Crippen molar-refractivity contribution in [2.24, 2.45) is 0 Å². The molecule has 6 heteroatoms. The van der Waals surface area contributed by atoms with Crippen LogP contribution < -0.4 is 4.31 Å². The molecular formula is C17H26N2O3S. The number of benzene rings is 1. The summed E-state index contributed by atoms with van der Waals surface area (Å²) in [5.41, 5.74) is 1.57. The number of likely N-dealkylation sites (N-methyl/N-ethyl adjacent to an activating group) is 1. The molecule has 128 valence electrons. The van der Waals surface area contributed by atoms with Crippen molar-refractivity contribution in [2.45, 2.75) is 51.6 Å². The highest BCUT2D eigenvalue weighted by Gasteiger charge is 2.33. The van der Waals surface area contributed by atoms with Crippen LogP contribution in [0.1, 0.15) is 38.2 Å². The van der Waals surface area contributed by atoms with Gasteiger partial charge in [-0.3, -0.25) is 9.10 Å². The van der Waals surface area contributed by atoms with Gasteiger partial charge in [-0.05, 0) is 38.8 Å². The van der Waals surface area contributed by atoms with Crippen molar-refractivity contribution in [3.8, 4) is 0 Å². The Labute approximate surface area is 139 Å². The Bertz CT molecular complexity index is 649. The highest BCUT2D eigenvalue weighted by Crippen LogP contribution is 2.26. The third-order valence-corrected chi connectivity index (χ3v) is 5.82. The van der Waals surface area contributed by atoms with Gasteiger partial charge < -0.3 is 4.90 Å². The first-order chi connectivity index (χ1) is 10.7. The minimum atomic E-state index is -3.55. The number of anilines is 1. The molecule has 2 rings (SSSR count). The van der Waals surface area contributed by atoms with Crippen LogP contribution in [-0.4, -0.2) is 44.6 Å². The maximum atomic E-state index is 12.8. The number of rotatable bonds is 5. The molecule has 0 heterocycles. The van der Waals surface area contributed by atoms with E-state index in [0.717, 1.165) is 37.5 Å². The van der Waals surface area contributed by atoms with E-state index in [1.165, 1.54) is 4.31 Å². The van der Waals surface area contributed by atoms with Crippen LogP contribution in [0.3, 0.4) is 0 Å². The Balaban J connectivity index is 2.28. The molecule has 0 N–H and O–H groups in total. The molecule has 0 bridgehead atoms. The largest absolute Gasteiger partial charge is 0.341 e. The normalized spacial score (nSPS) is 17.0. The fraction of sp³-hybridized carbons (Fsp3) is 0.588. The second kappa shape index (κ2) is 6.91. The van der Waals surface area contributed by atoms with Crippen molar-refractivity contribution in [2.75, 3.05) is 17.6 Å². The molecule has 1 amide bonds. The van der Waals surface area contributed by atoms with Crippen LogP contribution in [0.5, 0.6) is 0 Å². The fourth-order valence-corrected chi connectivity index (χ4v) is 4.43. The van der Waals surface area contributed by atoms with E-state index in [1.807, 2.05) is 19.1 Å². The summed E-state index contributed by atoms with van der Waals surface area (Å²) in [7, 11) is -1.76. The topological polar surface area (TPSA) is 57.7 Å². The van der Waals surface area contributed by atoms with Gasteiger partial charge in [-0.25, -0.2) is 8.42 Å². The standard InChI is InChI=1S/C17H26N2O3S/c1-13-9-11-16(12-10-13)19(23(4,21)22)14(2)17(20)18(3)15-7-5-6-8-15/h9-12,14-15H,5-8H2,1-4H3/t14-/m1/s1. The maximum Gasteiger partial charge on any atom is 0.246 e. The van der Waals surface area contributed by atoms with Crippen molar-refractivity contribution in [1.29, 1.82) is 0 Å². The molecule has 0 unspecified atom stereocenters. The fourth-order valence-electron chi connectivity index (χ4n) is 3.26. The van der Waals surface area contributed by atoms with Crippen LogP contribution in [0, 0.1) is 6.92 Å². The van der Waals surface area contributed by atoms with Crippen molar-refractivity contribution < 1.29 is 13.2 Å². The van der Waals surface area contributed by atoms with E-state index in [2.05, 4.69) is 0 Å². The third-order valence-electron chi connectivity index (χ3n) is 4.57. The molecule has 0 saturated heterocycles. The quantitative estimate of drug-likeness (QED) is 0.829. The monoisotopic (exact) mass is 338 g/mol. The lowest BCUT2D eigenvalue weighted by Gasteiger charge is -2.33. The molecule has 0 spiro atoms. The van der Waals surface area contributed by atoms with Crippen molar-refractivity contribution in [3.05, 3.63) is 29.8 Å². The van der Waals surface area contributed by atoms with E-state index in [1.54, 1.807) is 31.0 Å². The summed E-state index contributed by atoms with van der Waals surface area (Å²) in [6, 6.07) is 6.67. The molecule has 1 aromatic carbocycles. The summed E-state index contributed by atoms with van der Waals surface area (Å²) in [5.74, 6) is -0.150. The number of hydrogen-bond acceptors (Lipinski definition) is 3. The first-order valence-corrected chi connectivity index (χ1v) is 9.89. The predicted molar refractivity (Wildman–Crippen MR) is 93.0 cm³/mol. The summed E-state index contributed by atoms with van der Waals surface area (Å²) in [4.78, 5) is 14.5. The van der Waals surface area contributed by atoms with Crippen LogP contribution in [0.2, 0.25) is 0 Å². The number of carbonyl (C=O) groups excluding carboxylic acids is 1. The zero-order valence-electron chi connectivity index (χ0n) is 14.3. The molecule has 1 atom stereocenters. The Hall–Kier alpha value is -1.56. The van der Waals surface area contributed by atoms with E-state index in [9.17, 15) is 13.2 Å². The lowest BCUT2D eigenvalue weighted by molar-refractivity contribution is -0.132. The van der Waals surface area contributed by atoms with Crippen LogP contribution in [0.15, 0.2) is 24.3 Å². The number of sulfonamides is 1. The average Bonchev–Trinajstić information content (AvgIpc) is 3.00. The van der Waals surface area contributed by atoms with Gasteiger partial charge in [0.25, 0.3) is 0 Å². The van der Waals surface area contributed by atoms with E-state index < -0.39 is 16.1 Å². The minimum Gasteiger partial charge on any atom is -0.341 e. The lowest BCUT2D eigenvalue weighted by atomic mass is 10.1. The molecule has 1 aliphatic rings. The Morgan fingerprint density at radius 2 is 1.70 bits per heavy atom. The van der Waals surface area contributed by atoms with E-state index in [0.29, 0.717) is 5.69 Å². The number of carbonyl (C=O) groups is 1. The molecule has 1 fully saturated rings. The van der Waals surface area contributed by atoms with Gasteiger partial charge in [0.05, 0.1) is 11.9 Å². The summed E-state index contributed by atoms with van der Waals surface area (Å²) in [6.45, 7) is 3.60. The predicted octanol–water partition coefficient (Wildman–Crippen LogP) is 2.55. The Morgan fingerprint density at radius 3 is 2.17 bits per heavy atom. The van der Waals surface area contributed by atoms with Crippen molar-refractivity contribution in [1.82, 2.24) is 4.90 Å². The molecule has 1 saturated carbocycles. The number of nitrogens with zero attached hydrogens (tertiary/aromatic N) is 2. The van der Waals surface area contributed by atoms with Gasteiger partial charge in [-0.2, -0.15) is 0 Å². The first kappa shape index (κ1) is 17.8. The van der Waals surface area contributed by atoms with Gasteiger partial charge in [0.2, 0.25) is 15.9 Å². The van der Waals surface area contributed by atoms with E-state index in [4.69, 9.17) is 0 Å². The van der Waals surface area contributed by atoms with Gasteiger partial charge in [-0.15, -0.1) is 0 Å². The Kier molecular flexibility index (Phi) is 5.34. The SMILES string of the molecule is Cc1ccc(N([C@H](C)C(=O)N(C)C2CCCC2)S(C)(=O)=O)cc1. The molecular weight excluding hydrogens is 312 g/mol. The summed E-state index contributed by atoms with van der Waals surface area (Å²) >= 11 is 0. The second-order valence-electron chi connectivity index (χ2n) is 6.46. The second-order valence-corrected chi connectivity index (χ2v) is 8.32. The maximum absolute atomic E-state index is 12.8. The molecule has 0 aliphatic heterocycles. The number of hydrogen-bond donors (Lipinski definition) is 0. The van der Waals surface area contributed by atoms with Crippen molar-refractivity contribution in [3.63, 3.8) is 0 Å². The number of amides is 1. The number of aryl methyl sites for hydroxylation is 1. The third kappa shape index (κ3) is 4.05. The van der Waals surface area contributed by atoms with Gasteiger partial charge >= 0.3 is 0 Å². The van der Waals surface area contributed by atoms with Gasteiger partial charge in [0.15, 0.2) is 0 Å². The lowest BCUT2D eigenvalue weighted by Crippen LogP contribution is -2.50. The van der Waals surface area contributed by atoms with Crippen LogP contribution in [0.25, 0.3) is 0 Å². The summed E-state index contributed by atoms with van der Waals surface area (Å²) in [5, 5.41) is 0. The van der Waals surface area contributed by atoms with Crippen LogP contribution in [0.4, 0.5) is 5.69 Å². The molecule has 0 aromatic heterocycles. The highest BCUT2D eigenvalue weighted by molar-refractivity contribution is 7.92. The van der Waals surface area contributed by atoms with E-state index >= 15 is 0 Å². The van der Waals surface area contributed by atoms with Crippen molar-refractivity contribution >= 4 is 21.6 Å². The zero-order chi connectivity index (χ0) is 17.2. The minimum absolute atomic E-state index is 0.150. The van der Waals surface area contributed by atoms with Gasteiger partial charge in [0.1, 0.15) is 6.04 Å². The molecule has 5 nitrogen and oxygen atoms in total. The summed E-state index contributed by atoms with van der Waals surface area (Å²) in [6.07, 6.45) is 5.40.